The highest BCUT2D eigenvalue weighted by Crippen LogP contribution is 2.40. The molecule has 0 aliphatic carbocycles. The Kier molecular flexibility index (Phi) is 7.15. The second-order valence-electron chi connectivity index (χ2n) is 11.4. The number of carbonyl (C=O) groups excluding carboxylic acids is 1. The molecule has 12 heteroatoms. The van der Waals surface area contributed by atoms with Crippen molar-refractivity contribution in [3.8, 4) is 17.3 Å². The Morgan fingerprint density at radius 3 is 2.81 bits per heavy atom. The van der Waals surface area contributed by atoms with Crippen LogP contribution in [-0.4, -0.2) is 93.1 Å². The fraction of sp³-hybridized carbons (Fsp3) is 0.419. The lowest BCUT2D eigenvalue weighted by molar-refractivity contribution is -0.128. The summed E-state index contributed by atoms with van der Waals surface area (Å²) in [6.45, 7) is 15.0. The van der Waals surface area contributed by atoms with Crippen LogP contribution >= 0.6 is 11.3 Å². The van der Waals surface area contributed by atoms with Gasteiger partial charge in [-0.15, -0.1) is 11.3 Å². The molecule has 0 radical (unpaired) electrons. The van der Waals surface area contributed by atoms with E-state index in [0.717, 1.165) is 43.5 Å². The molecule has 3 fully saturated rings. The maximum Gasteiger partial charge on any atom is 0.319 e. The minimum atomic E-state index is -0.564. The van der Waals surface area contributed by atoms with E-state index in [2.05, 4.69) is 31.3 Å². The Balaban J connectivity index is 1.31. The van der Waals surface area contributed by atoms with E-state index in [0.29, 0.717) is 48.5 Å². The second-order valence-corrected chi connectivity index (χ2v) is 12.3. The van der Waals surface area contributed by atoms with Crippen molar-refractivity contribution in [2.24, 2.45) is 0 Å². The number of nitrogens with zero attached hydrogens (tertiary/aromatic N) is 8. The molecule has 1 amide bonds. The van der Waals surface area contributed by atoms with Crippen LogP contribution in [0.5, 0.6) is 6.01 Å². The van der Waals surface area contributed by atoms with Gasteiger partial charge in [0.1, 0.15) is 29.7 Å². The smallest absolute Gasteiger partial charge is 0.319 e. The molecule has 0 N–H and O–H groups in total. The Morgan fingerprint density at radius 2 is 2.02 bits per heavy atom. The Bertz CT molecular complexity index is 1760. The first-order valence-electron chi connectivity index (χ1n) is 14.6. The number of halogens is 1. The third kappa shape index (κ3) is 4.77. The average molecular weight is 599 g/mol. The van der Waals surface area contributed by atoms with E-state index >= 15 is 4.39 Å². The number of anilines is 1. The molecule has 0 unspecified atom stereocenters. The van der Waals surface area contributed by atoms with Crippen LogP contribution in [-0.2, 0) is 4.79 Å². The second kappa shape index (κ2) is 11.1. The summed E-state index contributed by atoms with van der Waals surface area (Å²) in [4.78, 5) is 40.7. The van der Waals surface area contributed by atoms with Crippen LogP contribution in [0.4, 0.5) is 10.2 Å². The van der Waals surface area contributed by atoms with Gasteiger partial charge in [0.2, 0.25) is 12.5 Å². The molecular formula is C31H31FN8O2S. The third-order valence-electron chi connectivity index (χ3n) is 9.08. The molecule has 220 valence electrons. The maximum absolute atomic E-state index is 16.5. The zero-order valence-electron chi connectivity index (χ0n) is 23.7. The molecule has 6 heterocycles. The summed E-state index contributed by atoms with van der Waals surface area (Å²) in [5.74, 6) is -0.292. The van der Waals surface area contributed by atoms with Crippen molar-refractivity contribution in [1.82, 2.24) is 29.7 Å². The van der Waals surface area contributed by atoms with Crippen LogP contribution < -0.4 is 9.64 Å². The summed E-state index contributed by atoms with van der Waals surface area (Å²) >= 11 is 1.49. The average Bonchev–Trinajstić information content (AvgIpc) is 3.76. The monoisotopic (exact) mass is 598 g/mol. The number of hydrogen-bond acceptors (Lipinski definition) is 9. The highest BCUT2D eigenvalue weighted by atomic mass is 32.1. The van der Waals surface area contributed by atoms with E-state index in [4.69, 9.17) is 16.3 Å². The lowest BCUT2D eigenvalue weighted by Gasteiger charge is -2.39. The number of amides is 1. The number of fused-ring (bicyclic) bond motifs is 3. The molecule has 3 aliphatic rings. The first kappa shape index (κ1) is 27.6. The minimum Gasteiger partial charge on any atom is -0.461 e. The number of aromatic nitrogens is 4. The van der Waals surface area contributed by atoms with Crippen molar-refractivity contribution in [1.29, 1.82) is 0 Å². The highest BCUT2D eigenvalue weighted by molar-refractivity contribution is 7.16. The Morgan fingerprint density at radius 1 is 1.19 bits per heavy atom. The zero-order chi connectivity index (χ0) is 29.6. The van der Waals surface area contributed by atoms with Crippen molar-refractivity contribution in [2.45, 2.75) is 37.3 Å². The zero-order valence-corrected chi connectivity index (χ0v) is 24.5. The molecule has 1 atom stereocenters. The summed E-state index contributed by atoms with van der Waals surface area (Å²) in [6, 6.07) is 5.39. The Labute approximate surface area is 252 Å². The molecule has 3 aromatic heterocycles. The number of hydrogen-bond donors (Lipinski definition) is 0. The van der Waals surface area contributed by atoms with Crippen LogP contribution in [0.15, 0.2) is 42.6 Å². The fourth-order valence-electron chi connectivity index (χ4n) is 6.97. The molecule has 3 saturated heterocycles. The first-order chi connectivity index (χ1) is 21.0. The SMILES string of the molecule is [C-]#[N+]C[C@H]1CN(c2nc(OCC34CCCN3CCC4)nc3c(F)c(-c4cccc5scnc45)ncc23)CCN1C(=O)C=C. The molecule has 7 rings (SSSR count). The van der Waals surface area contributed by atoms with E-state index in [-0.39, 0.29) is 41.3 Å². The molecule has 0 saturated carbocycles. The fourth-order valence-corrected chi connectivity index (χ4v) is 7.67. The number of thiazole rings is 1. The van der Waals surface area contributed by atoms with Gasteiger partial charge >= 0.3 is 6.01 Å². The van der Waals surface area contributed by atoms with Gasteiger partial charge in [-0.25, -0.2) is 15.9 Å². The van der Waals surface area contributed by atoms with Crippen molar-refractivity contribution in [3.63, 3.8) is 0 Å². The molecule has 1 aromatic carbocycles. The lowest BCUT2D eigenvalue weighted by atomic mass is 9.95. The van der Waals surface area contributed by atoms with Crippen LogP contribution in [0.25, 0.3) is 37.2 Å². The lowest BCUT2D eigenvalue weighted by Crippen LogP contribution is -2.56. The quantitative estimate of drug-likeness (QED) is 0.226. The Hall–Kier alpha value is -4.21. The normalized spacial score (nSPS) is 20.0. The van der Waals surface area contributed by atoms with Crippen molar-refractivity contribution in [2.75, 3.05) is 50.8 Å². The summed E-state index contributed by atoms with van der Waals surface area (Å²) in [7, 11) is 0. The van der Waals surface area contributed by atoms with Gasteiger partial charge < -0.3 is 19.4 Å². The van der Waals surface area contributed by atoms with Gasteiger partial charge in [-0.05, 0) is 50.9 Å². The number of benzene rings is 1. The molecule has 4 aromatic rings. The van der Waals surface area contributed by atoms with E-state index in [9.17, 15) is 4.79 Å². The topological polar surface area (TPSA) is 91.9 Å². The molecule has 43 heavy (non-hydrogen) atoms. The summed E-state index contributed by atoms with van der Waals surface area (Å²) in [5.41, 5.74) is 3.29. The van der Waals surface area contributed by atoms with E-state index in [1.54, 1.807) is 16.6 Å². The van der Waals surface area contributed by atoms with Crippen LogP contribution in [0.3, 0.4) is 0 Å². The van der Waals surface area contributed by atoms with Crippen molar-refractivity contribution >= 4 is 44.2 Å². The molecule has 10 nitrogen and oxygen atoms in total. The first-order valence-corrected chi connectivity index (χ1v) is 15.5. The number of pyridine rings is 1. The van der Waals surface area contributed by atoms with E-state index in [1.165, 1.54) is 17.4 Å². The number of ether oxygens (including phenoxy) is 1. The predicted octanol–water partition coefficient (Wildman–Crippen LogP) is 4.57. The van der Waals surface area contributed by atoms with Gasteiger partial charge in [0.05, 0.1) is 26.7 Å². The predicted molar refractivity (Wildman–Crippen MR) is 164 cm³/mol. The largest absolute Gasteiger partial charge is 0.461 e. The van der Waals surface area contributed by atoms with Gasteiger partial charge in [-0.3, -0.25) is 14.7 Å². The molecular weight excluding hydrogens is 567 g/mol. The molecule has 3 aliphatic heterocycles. The van der Waals surface area contributed by atoms with Crippen LogP contribution in [0, 0.1) is 12.4 Å². The molecule has 0 spiro atoms. The van der Waals surface area contributed by atoms with Gasteiger partial charge in [-0.1, -0.05) is 18.7 Å². The van der Waals surface area contributed by atoms with Crippen LogP contribution in [0.2, 0.25) is 0 Å². The van der Waals surface area contributed by atoms with E-state index in [1.807, 2.05) is 23.1 Å². The number of carbonyl (C=O) groups is 1. The standard InChI is InChI=1S/C31H31FN8O2S/c1-3-24(41)40-14-13-38(17-20(40)15-33-2)29-22-16-34-27(21-7-4-8-23-26(21)35-19-43-23)25(32)28(22)36-30(37-29)42-18-31-9-5-11-39(31)12-6-10-31/h3-4,7-8,16,19-20H,1,5-6,9-15,17-18H2/t20-/m0/s1. The highest BCUT2D eigenvalue weighted by Gasteiger charge is 2.45. The number of rotatable bonds is 7. The van der Waals surface area contributed by atoms with Gasteiger partial charge in [0, 0.05) is 31.4 Å². The van der Waals surface area contributed by atoms with Crippen molar-refractivity contribution in [3.05, 3.63) is 59.8 Å². The maximum atomic E-state index is 16.5. The van der Waals surface area contributed by atoms with Gasteiger partial charge in [0.15, 0.2) is 5.82 Å². The van der Waals surface area contributed by atoms with Crippen molar-refractivity contribution < 1.29 is 13.9 Å². The van der Waals surface area contributed by atoms with E-state index < -0.39 is 5.82 Å². The summed E-state index contributed by atoms with van der Waals surface area (Å²) < 4.78 is 23.8. The number of piperazine rings is 1. The molecule has 0 bridgehead atoms. The van der Waals surface area contributed by atoms with Gasteiger partial charge in [0.25, 0.3) is 0 Å². The van der Waals surface area contributed by atoms with Crippen LogP contribution in [0.1, 0.15) is 25.7 Å². The summed E-state index contributed by atoms with van der Waals surface area (Å²) in [5, 5.41) is 0.450. The number of para-hydroxylation sites is 1. The summed E-state index contributed by atoms with van der Waals surface area (Å²) in [6.07, 6.45) is 7.27. The minimum absolute atomic E-state index is 0.0297. The van der Waals surface area contributed by atoms with Gasteiger partial charge in [-0.2, -0.15) is 9.97 Å². The third-order valence-corrected chi connectivity index (χ3v) is 9.88.